The van der Waals surface area contributed by atoms with Crippen LogP contribution in [0.15, 0.2) is 5.38 Å². The van der Waals surface area contributed by atoms with Crippen molar-refractivity contribution < 1.29 is 18.0 Å². The SMILES string of the molecule is CC1CCCC(N(C)C(=O)Nc2nc(C(F)(F)F)cs2)C1. The zero-order chi connectivity index (χ0) is 15.6. The summed E-state index contributed by atoms with van der Waals surface area (Å²) in [6.45, 7) is 2.15. The predicted octanol–water partition coefficient (Wildman–Crippen LogP) is 4.20. The molecule has 2 amide bonds. The number of thiazole rings is 1. The summed E-state index contributed by atoms with van der Waals surface area (Å²) in [5, 5.41) is 3.32. The van der Waals surface area contributed by atoms with Crippen LogP contribution in [0.2, 0.25) is 0 Å². The molecule has 1 aliphatic rings. The van der Waals surface area contributed by atoms with Gasteiger partial charge >= 0.3 is 12.2 Å². The first-order valence-electron chi connectivity index (χ1n) is 6.84. The van der Waals surface area contributed by atoms with Crippen molar-refractivity contribution in [3.8, 4) is 0 Å². The Balaban J connectivity index is 1.96. The summed E-state index contributed by atoms with van der Waals surface area (Å²) in [6, 6.07) is -0.270. The Bertz CT molecular complexity index is 503. The van der Waals surface area contributed by atoms with Crippen LogP contribution in [0.1, 0.15) is 38.3 Å². The summed E-state index contributed by atoms with van der Waals surface area (Å²) in [5.74, 6) is 0.565. The Kier molecular flexibility index (Phi) is 4.75. The molecule has 1 aromatic rings. The number of alkyl halides is 3. The molecule has 2 unspecified atom stereocenters. The second-order valence-electron chi connectivity index (χ2n) is 5.50. The third-order valence-electron chi connectivity index (χ3n) is 3.79. The van der Waals surface area contributed by atoms with Gasteiger partial charge in [-0.3, -0.25) is 5.32 Å². The Morgan fingerprint density at radius 1 is 1.48 bits per heavy atom. The quantitative estimate of drug-likeness (QED) is 0.887. The highest BCUT2D eigenvalue weighted by Gasteiger charge is 2.34. The van der Waals surface area contributed by atoms with Gasteiger partial charge in [-0.15, -0.1) is 11.3 Å². The third kappa shape index (κ3) is 4.09. The average Bonchev–Trinajstić information content (AvgIpc) is 2.86. The molecular weight excluding hydrogens is 303 g/mol. The van der Waals surface area contributed by atoms with Crippen LogP contribution in [0.5, 0.6) is 0 Å². The highest BCUT2D eigenvalue weighted by Crippen LogP contribution is 2.32. The summed E-state index contributed by atoms with van der Waals surface area (Å²) < 4.78 is 37.4. The molecule has 8 heteroatoms. The number of amides is 2. The monoisotopic (exact) mass is 321 g/mol. The summed E-state index contributed by atoms with van der Waals surface area (Å²) in [7, 11) is 1.68. The van der Waals surface area contributed by atoms with E-state index >= 15 is 0 Å². The van der Waals surface area contributed by atoms with E-state index in [4.69, 9.17) is 0 Å². The van der Waals surface area contributed by atoms with E-state index in [2.05, 4.69) is 17.2 Å². The van der Waals surface area contributed by atoms with Gasteiger partial charge in [-0.2, -0.15) is 13.2 Å². The van der Waals surface area contributed by atoms with E-state index in [0.717, 1.165) is 42.4 Å². The predicted molar refractivity (Wildman–Crippen MR) is 75.3 cm³/mol. The summed E-state index contributed by atoms with van der Waals surface area (Å²) in [6.07, 6.45) is -0.397. The van der Waals surface area contributed by atoms with Gasteiger partial charge < -0.3 is 4.90 Å². The number of hydrogen-bond donors (Lipinski definition) is 1. The number of urea groups is 1. The Hall–Kier alpha value is -1.31. The van der Waals surface area contributed by atoms with E-state index in [-0.39, 0.29) is 11.2 Å². The molecule has 2 rings (SSSR count). The van der Waals surface area contributed by atoms with Crippen LogP contribution in [0.4, 0.5) is 23.1 Å². The lowest BCUT2D eigenvalue weighted by Gasteiger charge is -2.33. The van der Waals surface area contributed by atoms with Crippen molar-refractivity contribution in [2.45, 2.75) is 44.8 Å². The number of carbonyl (C=O) groups excluding carboxylic acids is 1. The number of anilines is 1. The number of hydrogen-bond acceptors (Lipinski definition) is 3. The molecule has 1 fully saturated rings. The van der Waals surface area contributed by atoms with E-state index in [0.29, 0.717) is 5.92 Å². The minimum absolute atomic E-state index is 0.0250. The molecule has 118 valence electrons. The molecule has 0 bridgehead atoms. The van der Waals surface area contributed by atoms with Gasteiger partial charge in [-0.05, 0) is 18.8 Å². The van der Waals surface area contributed by atoms with Gasteiger partial charge in [0.15, 0.2) is 10.8 Å². The lowest BCUT2D eigenvalue weighted by Crippen LogP contribution is -2.42. The molecule has 0 saturated heterocycles. The van der Waals surface area contributed by atoms with Crippen LogP contribution >= 0.6 is 11.3 Å². The van der Waals surface area contributed by atoms with Crippen molar-refractivity contribution in [3.63, 3.8) is 0 Å². The smallest absolute Gasteiger partial charge is 0.325 e. The van der Waals surface area contributed by atoms with Crippen LogP contribution in [0.3, 0.4) is 0 Å². The van der Waals surface area contributed by atoms with E-state index in [9.17, 15) is 18.0 Å². The first-order valence-corrected chi connectivity index (χ1v) is 7.72. The zero-order valence-corrected chi connectivity index (χ0v) is 12.7. The molecule has 1 aromatic heterocycles. The zero-order valence-electron chi connectivity index (χ0n) is 11.9. The number of aromatic nitrogens is 1. The molecule has 0 spiro atoms. The molecule has 0 aromatic carbocycles. The van der Waals surface area contributed by atoms with Crippen molar-refractivity contribution in [2.75, 3.05) is 12.4 Å². The third-order valence-corrected chi connectivity index (χ3v) is 4.54. The molecule has 0 radical (unpaired) electrons. The number of nitrogens with one attached hydrogen (secondary N) is 1. The minimum atomic E-state index is -4.48. The minimum Gasteiger partial charge on any atom is -0.325 e. The van der Waals surface area contributed by atoms with Crippen LogP contribution < -0.4 is 5.32 Å². The first-order chi connectivity index (χ1) is 9.77. The molecule has 1 aliphatic carbocycles. The van der Waals surface area contributed by atoms with Gasteiger partial charge in [0.1, 0.15) is 0 Å². The summed E-state index contributed by atoms with van der Waals surface area (Å²) in [5.41, 5.74) is -0.975. The van der Waals surface area contributed by atoms with Gasteiger partial charge in [0.25, 0.3) is 0 Å². The van der Waals surface area contributed by atoms with Crippen molar-refractivity contribution in [3.05, 3.63) is 11.1 Å². The van der Waals surface area contributed by atoms with Gasteiger partial charge in [-0.1, -0.05) is 19.8 Å². The maximum atomic E-state index is 12.5. The van der Waals surface area contributed by atoms with Gasteiger partial charge in [0, 0.05) is 18.5 Å². The second-order valence-corrected chi connectivity index (χ2v) is 6.36. The molecule has 4 nitrogen and oxygen atoms in total. The Morgan fingerprint density at radius 3 is 2.76 bits per heavy atom. The van der Waals surface area contributed by atoms with Crippen molar-refractivity contribution in [1.82, 2.24) is 9.88 Å². The lowest BCUT2D eigenvalue weighted by molar-refractivity contribution is -0.140. The van der Waals surface area contributed by atoms with Crippen molar-refractivity contribution in [1.29, 1.82) is 0 Å². The summed E-state index contributed by atoms with van der Waals surface area (Å²) >= 11 is 0.780. The van der Waals surface area contributed by atoms with Crippen LogP contribution in [-0.2, 0) is 6.18 Å². The number of carbonyl (C=O) groups is 1. The maximum Gasteiger partial charge on any atom is 0.434 e. The first kappa shape index (κ1) is 16.1. The van der Waals surface area contributed by atoms with Gasteiger partial charge in [-0.25, -0.2) is 9.78 Å². The van der Waals surface area contributed by atoms with Crippen LogP contribution in [-0.4, -0.2) is 29.0 Å². The largest absolute Gasteiger partial charge is 0.434 e. The van der Waals surface area contributed by atoms with E-state index in [1.165, 1.54) is 0 Å². The van der Waals surface area contributed by atoms with Crippen LogP contribution in [0, 0.1) is 5.92 Å². The van der Waals surface area contributed by atoms with Gasteiger partial charge in [0.05, 0.1) is 0 Å². The summed E-state index contributed by atoms with van der Waals surface area (Å²) in [4.78, 5) is 17.1. The number of halogens is 3. The fraction of sp³-hybridized carbons (Fsp3) is 0.692. The van der Waals surface area contributed by atoms with Gasteiger partial charge in [0.2, 0.25) is 0 Å². The lowest BCUT2D eigenvalue weighted by atomic mass is 9.86. The van der Waals surface area contributed by atoms with Crippen molar-refractivity contribution in [2.24, 2.45) is 5.92 Å². The molecule has 1 saturated carbocycles. The molecule has 21 heavy (non-hydrogen) atoms. The van der Waals surface area contributed by atoms with Crippen molar-refractivity contribution >= 4 is 22.5 Å². The molecule has 2 atom stereocenters. The fourth-order valence-electron chi connectivity index (χ4n) is 2.56. The average molecular weight is 321 g/mol. The fourth-order valence-corrected chi connectivity index (χ4v) is 3.27. The van der Waals surface area contributed by atoms with E-state index in [1.54, 1.807) is 11.9 Å². The molecule has 1 N–H and O–H groups in total. The molecule has 0 aliphatic heterocycles. The normalized spacial score (nSPS) is 22.9. The number of nitrogens with zero attached hydrogens (tertiary/aromatic N) is 2. The highest BCUT2D eigenvalue weighted by molar-refractivity contribution is 7.13. The second kappa shape index (κ2) is 6.21. The number of rotatable bonds is 2. The molecule has 1 heterocycles. The topological polar surface area (TPSA) is 45.2 Å². The maximum absolute atomic E-state index is 12.5. The molecular formula is C13H18F3N3OS. The standard InChI is InChI=1S/C13H18F3N3OS/c1-8-4-3-5-9(6-8)19(2)12(20)18-11-17-10(7-21-11)13(14,15)16/h7-9H,3-6H2,1-2H3,(H,17,18,20). The van der Waals surface area contributed by atoms with Crippen LogP contribution in [0.25, 0.3) is 0 Å². The van der Waals surface area contributed by atoms with E-state index < -0.39 is 17.9 Å². The Morgan fingerprint density at radius 2 is 2.19 bits per heavy atom. The van der Waals surface area contributed by atoms with E-state index in [1.807, 2.05) is 0 Å². The Labute approximate surface area is 125 Å². The highest BCUT2D eigenvalue weighted by atomic mass is 32.1.